The molecule has 1 unspecified atom stereocenters. The molecule has 0 aromatic heterocycles. The van der Waals surface area contributed by atoms with Crippen LogP contribution < -0.4 is 10.6 Å². The molecule has 102 valence electrons. The second kappa shape index (κ2) is 6.21. The summed E-state index contributed by atoms with van der Waals surface area (Å²) in [5.41, 5.74) is 8.50. The predicted octanol–water partition coefficient (Wildman–Crippen LogP) is 2.96. The van der Waals surface area contributed by atoms with Gasteiger partial charge >= 0.3 is 0 Å². The third kappa shape index (κ3) is 4.31. The Morgan fingerprint density at radius 3 is 2.22 bits per heavy atom. The van der Waals surface area contributed by atoms with Crippen molar-refractivity contribution in [3.63, 3.8) is 0 Å². The van der Waals surface area contributed by atoms with Crippen molar-refractivity contribution in [3.8, 4) is 0 Å². The number of methoxy groups -OCH3 is 1. The normalized spacial score (nSPS) is 13.4. The SMILES string of the molecule is COC(C)(C)CCC(N)c1ccc(N(C)C)cc1. The number of nitrogens with two attached hydrogens (primary N) is 1. The van der Waals surface area contributed by atoms with Crippen LogP contribution in [0.3, 0.4) is 0 Å². The van der Waals surface area contributed by atoms with E-state index < -0.39 is 0 Å². The van der Waals surface area contributed by atoms with Crippen LogP contribution >= 0.6 is 0 Å². The molecule has 0 amide bonds. The largest absolute Gasteiger partial charge is 0.379 e. The molecule has 0 bridgehead atoms. The van der Waals surface area contributed by atoms with Crippen LogP contribution in [0, 0.1) is 0 Å². The molecule has 0 saturated heterocycles. The van der Waals surface area contributed by atoms with Gasteiger partial charge in [0.1, 0.15) is 0 Å². The Morgan fingerprint density at radius 2 is 1.78 bits per heavy atom. The minimum Gasteiger partial charge on any atom is -0.379 e. The zero-order valence-corrected chi connectivity index (χ0v) is 12.2. The Balaban J connectivity index is 2.59. The third-order valence-electron chi connectivity index (χ3n) is 3.45. The molecule has 1 aromatic rings. The number of hydrogen-bond donors (Lipinski definition) is 1. The van der Waals surface area contributed by atoms with Gasteiger partial charge in [-0.2, -0.15) is 0 Å². The second-order valence-electron chi connectivity index (χ2n) is 5.59. The van der Waals surface area contributed by atoms with E-state index in [4.69, 9.17) is 10.5 Å². The Bertz CT molecular complexity index is 357. The van der Waals surface area contributed by atoms with Gasteiger partial charge in [-0.1, -0.05) is 12.1 Å². The van der Waals surface area contributed by atoms with Crippen molar-refractivity contribution < 1.29 is 4.74 Å². The number of rotatable bonds is 6. The summed E-state index contributed by atoms with van der Waals surface area (Å²) < 4.78 is 5.41. The highest BCUT2D eigenvalue weighted by atomic mass is 16.5. The molecule has 0 spiro atoms. The molecule has 0 aliphatic heterocycles. The minimum atomic E-state index is -0.0960. The fourth-order valence-electron chi connectivity index (χ4n) is 1.79. The summed E-state index contributed by atoms with van der Waals surface area (Å²) in [6.45, 7) is 4.18. The van der Waals surface area contributed by atoms with Gasteiger partial charge in [0.05, 0.1) is 5.60 Å². The first-order valence-corrected chi connectivity index (χ1v) is 6.44. The van der Waals surface area contributed by atoms with E-state index >= 15 is 0 Å². The number of benzene rings is 1. The number of anilines is 1. The smallest absolute Gasteiger partial charge is 0.0623 e. The van der Waals surface area contributed by atoms with Crippen molar-refractivity contribution in [1.82, 2.24) is 0 Å². The van der Waals surface area contributed by atoms with E-state index in [0.29, 0.717) is 0 Å². The summed E-state index contributed by atoms with van der Waals surface area (Å²) in [5, 5.41) is 0. The molecule has 0 aliphatic rings. The predicted molar refractivity (Wildman–Crippen MR) is 78.0 cm³/mol. The number of ether oxygens (including phenoxy) is 1. The van der Waals surface area contributed by atoms with E-state index in [1.54, 1.807) is 7.11 Å². The van der Waals surface area contributed by atoms with Crippen molar-refractivity contribution in [2.24, 2.45) is 5.73 Å². The van der Waals surface area contributed by atoms with E-state index in [9.17, 15) is 0 Å². The zero-order chi connectivity index (χ0) is 13.8. The van der Waals surface area contributed by atoms with Crippen LogP contribution in [0.5, 0.6) is 0 Å². The Labute approximate surface area is 111 Å². The van der Waals surface area contributed by atoms with E-state index in [2.05, 4.69) is 43.0 Å². The van der Waals surface area contributed by atoms with Crippen LogP contribution in [-0.2, 0) is 4.74 Å². The first-order chi connectivity index (χ1) is 8.35. The second-order valence-corrected chi connectivity index (χ2v) is 5.59. The molecule has 1 rings (SSSR count). The molecule has 0 aliphatic carbocycles. The van der Waals surface area contributed by atoms with E-state index in [-0.39, 0.29) is 11.6 Å². The van der Waals surface area contributed by atoms with Gasteiger partial charge in [0, 0.05) is 32.9 Å². The van der Waals surface area contributed by atoms with Crippen LogP contribution in [-0.4, -0.2) is 26.8 Å². The van der Waals surface area contributed by atoms with Gasteiger partial charge in [0.2, 0.25) is 0 Å². The molecule has 3 nitrogen and oxygen atoms in total. The molecule has 2 N–H and O–H groups in total. The summed E-state index contributed by atoms with van der Waals surface area (Å²) in [6, 6.07) is 8.52. The highest BCUT2D eigenvalue weighted by molar-refractivity contribution is 5.46. The van der Waals surface area contributed by atoms with Crippen molar-refractivity contribution in [2.45, 2.75) is 38.3 Å². The first-order valence-electron chi connectivity index (χ1n) is 6.44. The average Bonchev–Trinajstić information content (AvgIpc) is 2.36. The van der Waals surface area contributed by atoms with Crippen molar-refractivity contribution in [2.75, 3.05) is 26.1 Å². The molecule has 0 radical (unpaired) electrons. The first kappa shape index (κ1) is 15.0. The lowest BCUT2D eigenvalue weighted by Crippen LogP contribution is -2.24. The quantitative estimate of drug-likeness (QED) is 0.843. The topological polar surface area (TPSA) is 38.5 Å². The lowest BCUT2D eigenvalue weighted by molar-refractivity contribution is 0.0125. The molecule has 0 heterocycles. The summed E-state index contributed by atoms with van der Waals surface area (Å²) in [5.74, 6) is 0. The van der Waals surface area contributed by atoms with E-state index in [0.717, 1.165) is 12.8 Å². The van der Waals surface area contributed by atoms with Gasteiger partial charge < -0.3 is 15.4 Å². The maximum Gasteiger partial charge on any atom is 0.0623 e. The van der Waals surface area contributed by atoms with Crippen molar-refractivity contribution >= 4 is 5.69 Å². The highest BCUT2D eigenvalue weighted by Crippen LogP contribution is 2.24. The Kier molecular flexibility index (Phi) is 5.17. The van der Waals surface area contributed by atoms with Gasteiger partial charge in [-0.3, -0.25) is 0 Å². The van der Waals surface area contributed by atoms with Crippen LogP contribution in [0.4, 0.5) is 5.69 Å². The molecule has 1 aromatic carbocycles. The highest BCUT2D eigenvalue weighted by Gasteiger charge is 2.18. The van der Waals surface area contributed by atoms with E-state index in [1.165, 1.54) is 11.3 Å². The molecular weight excluding hydrogens is 224 g/mol. The maximum atomic E-state index is 6.21. The summed E-state index contributed by atoms with van der Waals surface area (Å²) in [4.78, 5) is 2.09. The molecule has 0 fully saturated rings. The maximum absolute atomic E-state index is 6.21. The summed E-state index contributed by atoms with van der Waals surface area (Å²) in [7, 11) is 5.82. The minimum absolute atomic E-state index is 0.0793. The molecule has 0 saturated carbocycles. The average molecular weight is 250 g/mol. The molecule has 1 atom stereocenters. The standard InChI is InChI=1S/C15H26N2O/c1-15(2,18-5)11-10-14(16)12-6-8-13(9-7-12)17(3)4/h6-9,14H,10-11,16H2,1-5H3. The van der Waals surface area contributed by atoms with Gasteiger partial charge in [0.15, 0.2) is 0 Å². The lowest BCUT2D eigenvalue weighted by Gasteiger charge is -2.24. The molecular formula is C15H26N2O. The number of hydrogen-bond acceptors (Lipinski definition) is 3. The molecule has 18 heavy (non-hydrogen) atoms. The van der Waals surface area contributed by atoms with E-state index in [1.807, 2.05) is 14.1 Å². The van der Waals surface area contributed by atoms with Gasteiger partial charge in [0.25, 0.3) is 0 Å². The number of nitrogens with zero attached hydrogens (tertiary/aromatic N) is 1. The zero-order valence-electron chi connectivity index (χ0n) is 12.2. The van der Waals surface area contributed by atoms with Crippen LogP contribution in [0.1, 0.15) is 38.3 Å². The lowest BCUT2D eigenvalue weighted by atomic mass is 9.95. The fourth-order valence-corrected chi connectivity index (χ4v) is 1.79. The van der Waals surface area contributed by atoms with Crippen molar-refractivity contribution in [1.29, 1.82) is 0 Å². The third-order valence-corrected chi connectivity index (χ3v) is 3.45. The Hall–Kier alpha value is -1.06. The summed E-state index contributed by atoms with van der Waals surface area (Å²) >= 11 is 0. The Morgan fingerprint density at radius 1 is 1.22 bits per heavy atom. The van der Waals surface area contributed by atoms with Crippen molar-refractivity contribution in [3.05, 3.63) is 29.8 Å². The van der Waals surface area contributed by atoms with Gasteiger partial charge in [-0.05, 0) is 44.4 Å². The summed E-state index contributed by atoms with van der Waals surface area (Å²) in [6.07, 6.45) is 1.89. The fraction of sp³-hybridized carbons (Fsp3) is 0.600. The molecule has 3 heteroatoms. The van der Waals surface area contributed by atoms with Gasteiger partial charge in [-0.25, -0.2) is 0 Å². The van der Waals surface area contributed by atoms with Crippen LogP contribution in [0.2, 0.25) is 0 Å². The van der Waals surface area contributed by atoms with Crippen LogP contribution in [0.15, 0.2) is 24.3 Å². The van der Waals surface area contributed by atoms with Crippen LogP contribution in [0.25, 0.3) is 0 Å². The van der Waals surface area contributed by atoms with Gasteiger partial charge in [-0.15, -0.1) is 0 Å². The monoisotopic (exact) mass is 250 g/mol.